The SMILES string of the molecule is COc1cccnc1Nc1ccc(F)c([C@]2(C)CCSC(N)=N2)c1. The minimum absolute atomic E-state index is 0.292. The topological polar surface area (TPSA) is 72.5 Å². The molecule has 2 aromatic rings. The van der Waals surface area contributed by atoms with Crippen molar-refractivity contribution in [3.05, 3.63) is 47.9 Å². The fraction of sp³-hybridized carbons (Fsp3) is 0.294. The molecule has 1 aliphatic rings. The number of anilines is 2. The lowest BCUT2D eigenvalue weighted by molar-refractivity contribution is 0.415. The summed E-state index contributed by atoms with van der Waals surface area (Å²) in [6.07, 6.45) is 2.39. The van der Waals surface area contributed by atoms with Gasteiger partial charge >= 0.3 is 0 Å². The van der Waals surface area contributed by atoms with Gasteiger partial charge in [-0.25, -0.2) is 9.37 Å². The van der Waals surface area contributed by atoms with Crippen molar-refractivity contribution in [3.8, 4) is 5.75 Å². The number of nitrogens with one attached hydrogen (secondary N) is 1. The molecule has 3 N–H and O–H groups in total. The molecule has 0 unspecified atom stereocenters. The lowest BCUT2D eigenvalue weighted by Crippen LogP contribution is -2.29. The molecule has 126 valence electrons. The molecule has 0 bridgehead atoms. The Morgan fingerprint density at radius 2 is 2.21 bits per heavy atom. The number of pyridine rings is 1. The Hall–Kier alpha value is -2.28. The van der Waals surface area contributed by atoms with Crippen LogP contribution in [0.1, 0.15) is 18.9 Å². The van der Waals surface area contributed by atoms with Crippen molar-refractivity contribution >= 4 is 28.4 Å². The molecular formula is C17H19FN4OS. The second-order valence-electron chi connectivity index (χ2n) is 5.70. The first-order valence-electron chi connectivity index (χ1n) is 7.56. The van der Waals surface area contributed by atoms with Gasteiger partial charge in [0, 0.05) is 23.2 Å². The molecular weight excluding hydrogens is 327 g/mol. The number of aliphatic imine (C=N–C) groups is 1. The Balaban J connectivity index is 1.96. The standard InChI is InChI=1S/C17H19FN4OS/c1-17(7-9-24-16(19)22-17)12-10-11(5-6-13(12)18)21-15-14(23-2)4-3-8-20-15/h3-6,8,10H,7,9H2,1-2H3,(H2,19,22)(H,20,21)/t17-/m0/s1. The molecule has 7 heteroatoms. The molecule has 24 heavy (non-hydrogen) atoms. The van der Waals surface area contributed by atoms with Crippen LogP contribution in [0.5, 0.6) is 5.75 Å². The molecule has 3 rings (SSSR count). The summed E-state index contributed by atoms with van der Waals surface area (Å²) in [6.45, 7) is 1.91. The van der Waals surface area contributed by atoms with E-state index in [4.69, 9.17) is 10.5 Å². The second kappa shape index (κ2) is 6.68. The molecule has 5 nitrogen and oxygen atoms in total. The number of rotatable bonds is 4. The van der Waals surface area contributed by atoms with Crippen LogP contribution in [-0.2, 0) is 5.54 Å². The van der Waals surface area contributed by atoms with Gasteiger partial charge in [-0.05, 0) is 43.7 Å². The van der Waals surface area contributed by atoms with Crippen LogP contribution in [0.4, 0.5) is 15.9 Å². The van der Waals surface area contributed by atoms with Crippen LogP contribution < -0.4 is 15.8 Å². The fourth-order valence-electron chi connectivity index (χ4n) is 2.68. The van der Waals surface area contributed by atoms with Gasteiger partial charge in [0.1, 0.15) is 5.82 Å². The number of thioether (sulfide) groups is 1. The zero-order valence-electron chi connectivity index (χ0n) is 13.5. The lowest BCUT2D eigenvalue weighted by atomic mass is 9.89. The number of methoxy groups -OCH3 is 1. The summed E-state index contributed by atoms with van der Waals surface area (Å²) in [5.74, 6) is 1.71. The van der Waals surface area contributed by atoms with Crippen LogP contribution >= 0.6 is 11.8 Å². The van der Waals surface area contributed by atoms with E-state index in [1.807, 2.05) is 13.0 Å². The summed E-state index contributed by atoms with van der Waals surface area (Å²) in [6, 6.07) is 8.46. The van der Waals surface area contributed by atoms with Crippen molar-refractivity contribution in [2.75, 3.05) is 18.2 Å². The van der Waals surface area contributed by atoms with E-state index in [0.29, 0.717) is 22.3 Å². The van der Waals surface area contributed by atoms with Gasteiger partial charge in [-0.15, -0.1) is 0 Å². The van der Waals surface area contributed by atoms with Crippen molar-refractivity contribution in [2.45, 2.75) is 18.9 Å². The maximum Gasteiger partial charge on any atom is 0.173 e. The molecule has 0 radical (unpaired) electrons. The molecule has 0 amide bonds. The molecule has 1 aromatic heterocycles. The number of nitrogens with two attached hydrogens (primary N) is 1. The number of benzene rings is 1. The Kier molecular flexibility index (Phi) is 4.62. The van der Waals surface area contributed by atoms with Crippen molar-refractivity contribution in [2.24, 2.45) is 10.7 Å². The van der Waals surface area contributed by atoms with E-state index in [0.717, 1.165) is 17.9 Å². The zero-order chi connectivity index (χ0) is 17.2. The highest BCUT2D eigenvalue weighted by molar-refractivity contribution is 8.13. The molecule has 0 saturated carbocycles. The van der Waals surface area contributed by atoms with E-state index >= 15 is 0 Å². The Bertz CT molecular complexity index is 783. The van der Waals surface area contributed by atoms with Gasteiger partial charge in [-0.1, -0.05) is 11.8 Å². The van der Waals surface area contributed by atoms with Gasteiger partial charge in [0.05, 0.1) is 12.6 Å². The maximum atomic E-state index is 14.4. The normalized spacial score (nSPS) is 20.4. The van der Waals surface area contributed by atoms with Crippen LogP contribution in [0.15, 0.2) is 41.5 Å². The van der Waals surface area contributed by atoms with Gasteiger partial charge in [0.2, 0.25) is 0 Å². The van der Waals surface area contributed by atoms with Crippen LogP contribution in [-0.4, -0.2) is 23.0 Å². The van der Waals surface area contributed by atoms with Gasteiger partial charge in [0.15, 0.2) is 16.7 Å². The predicted octanol–water partition coefficient (Wildman–Crippen LogP) is 3.64. The summed E-state index contributed by atoms with van der Waals surface area (Å²) in [7, 11) is 1.58. The minimum atomic E-state index is -0.661. The molecule has 0 fully saturated rings. The van der Waals surface area contributed by atoms with Gasteiger partial charge in [0.25, 0.3) is 0 Å². The Morgan fingerprint density at radius 3 is 2.96 bits per heavy atom. The number of aromatic nitrogens is 1. The largest absolute Gasteiger partial charge is 0.493 e. The van der Waals surface area contributed by atoms with Crippen LogP contribution in [0.2, 0.25) is 0 Å². The summed E-state index contributed by atoms with van der Waals surface area (Å²) in [4.78, 5) is 8.73. The van der Waals surface area contributed by atoms with Crippen LogP contribution in [0.25, 0.3) is 0 Å². The number of amidine groups is 1. The third-order valence-corrected chi connectivity index (χ3v) is 4.79. The van der Waals surface area contributed by atoms with E-state index in [9.17, 15) is 4.39 Å². The fourth-order valence-corrected chi connectivity index (χ4v) is 3.66. The van der Waals surface area contributed by atoms with E-state index in [1.54, 1.807) is 31.5 Å². The van der Waals surface area contributed by atoms with Crippen molar-refractivity contribution in [1.29, 1.82) is 0 Å². The van der Waals surface area contributed by atoms with Gasteiger partial charge in [-0.2, -0.15) is 0 Å². The molecule has 0 spiro atoms. The van der Waals surface area contributed by atoms with E-state index in [1.165, 1.54) is 17.8 Å². The quantitative estimate of drug-likeness (QED) is 0.884. The second-order valence-corrected chi connectivity index (χ2v) is 6.81. The lowest BCUT2D eigenvalue weighted by Gasteiger charge is -2.30. The molecule has 1 aliphatic heterocycles. The number of hydrogen-bond acceptors (Lipinski definition) is 6. The maximum absolute atomic E-state index is 14.4. The monoisotopic (exact) mass is 346 g/mol. The number of halogens is 1. The smallest absolute Gasteiger partial charge is 0.173 e. The van der Waals surface area contributed by atoms with Crippen molar-refractivity contribution in [3.63, 3.8) is 0 Å². The summed E-state index contributed by atoms with van der Waals surface area (Å²) in [5, 5.41) is 3.66. The first-order chi connectivity index (χ1) is 11.5. The highest BCUT2D eigenvalue weighted by atomic mass is 32.2. The molecule has 1 atom stereocenters. The molecule has 0 aliphatic carbocycles. The highest BCUT2D eigenvalue weighted by Crippen LogP contribution is 2.38. The van der Waals surface area contributed by atoms with Crippen molar-refractivity contribution in [1.82, 2.24) is 4.98 Å². The predicted molar refractivity (Wildman–Crippen MR) is 96.5 cm³/mol. The van der Waals surface area contributed by atoms with E-state index in [2.05, 4.69) is 15.3 Å². The summed E-state index contributed by atoms with van der Waals surface area (Å²) in [5.41, 5.74) is 6.42. The first kappa shape index (κ1) is 16.6. The Morgan fingerprint density at radius 1 is 1.38 bits per heavy atom. The molecule has 0 saturated heterocycles. The molecule has 1 aromatic carbocycles. The summed E-state index contributed by atoms with van der Waals surface area (Å²) >= 11 is 1.50. The summed E-state index contributed by atoms with van der Waals surface area (Å²) < 4.78 is 19.7. The van der Waals surface area contributed by atoms with Gasteiger partial charge in [-0.3, -0.25) is 4.99 Å². The minimum Gasteiger partial charge on any atom is -0.493 e. The van der Waals surface area contributed by atoms with E-state index < -0.39 is 5.54 Å². The van der Waals surface area contributed by atoms with E-state index in [-0.39, 0.29) is 5.82 Å². The highest BCUT2D eigenvalue weighted by Gasteiger charge is 2.32. The third kappa shape index (κ3) is 3.31. The average Bonchev–Trinajstić information content (AvgIpc) is 2.57. The van der Waals surface area contributed by atoms with Crippen LogP contribution in [0.3, 0.4) is 0 Å². The first-order valence-corrected chi connectivity index (χ1v) is 8.54. The zero-order valence-corrected chi connectivity index (χ0v) is 14.4. The van der Waals surface area contributed by atoms with Crippen LogP contribution in [0, 0.1) is 5.82 Å². The number of hydrogen-bond donors (Lipinski definition) is 2. The van der Waals surface area contributed by atoms with Gasteiger partial charge < -0.3 is 15.8 Å². The number of ether oxygens (including phenoxy) is 1. The third-order valence-electron chi connectivity index (χ3n) is 4.00. The molecule has 2 heterocycles. The van der Waals surface area contributed by atoms with Crippen molar-refractivity contribution < 1.29 is 9.13 Å². The number of nitrogens with zero attached hydrogens (tertiary/aromatic N) is 2. The average molecular weight is 346 g/mol. The Labute approximate surface area is 144 Å².